The molecule has 3 rings (SSSR count). The van der Waals surface area contributed by atoms with Crippen molar-refractivity contribution in [1.29, 1.82) is 0 Å². The van der Waals surface area contributed by atoms with E-state index >= 15 is 0 Å². The summed E-state index contributed by atoms with van der Waals surface area (Å²) >= 11 is 0. The molecular weight excluding hydrogens is 234 g/mol. The zero-order chi connectivity index (χ0) is 13.2. The van der Waals surface area contributed by atoms with Gasteiger partial charge in [0, 0.05) is 17.3 Å². The Morgan fingerprint density at radius 3 is 2.21 bits per heavy atom. The van der Waals surface area contributed by atoms with Crippen LogP contribution in [0.1, 0.15) is 5.56 Å². The molecule has 0 bridgehead atoms. The number of rotatable bonds is 2. The van der Waals surface area contributed by atoms with Crippen molar-refractivity contribution in [1.82, 2.24) is 4.57 Å². The Morgan fingerprint density at radius 2 is 1.53 bits per heavy atom. The van der Waals surface area contributed by atoms with Crippen molar-refractivity contribution in [3.63, 3.8) is 0 Å². The van der Waals surface area contributed by atoms with Crippen molar-refractivity contribution in [2.24, 2.45) is 0 Å². The van der Waals surface area contributed by atoms with Crippen molar-refractivity contribution in [3.05, 3.63) is 83.3 Å². The zero-order valence-electron chi connectivity index (χ0n) is 10.4. The molecule has 1 aromatic heterocycles. The van der Waals surface area contributed by atoms with Crippen LogP contribution in [0, 0.1) is 0 Å². The Hall–Kier alpha value is -2.61. The van der Waals surface area contributed by atoms with Gasteiger partial charge in [-0.05, 0) is 29.1 Å². The summed E-state index contributed by atoms with van der Waals surface area (Å²) < 4.78 is 1.67. The quantitative estimate of drug-likeness (QED) is 0.677. The second-order valence-corrected chi connectivity index (χ2v) is 4.34. The van der Waals surface area contributed by atoms with Gasteiger partial charge >= 0.3 is 0 Å². The number of benzene rings is 2. The van der Waals surface area contributed by atoms with Gasteiger partial charge in [0.1, 0.15) is 0 Å². The molecule has 2 heteroatoms. The van der Waals surface area contributed by atoms with Gasteiger partial charge in [-0.3, -0.25) is 9.36 Å². The van der Waals surface area contributed by atoms with Gasteiger partial charge in [0.2, 0.25) is 0 Å². The van der Waals surface area contributed by atoms with Crippen LogP contribution in [0.25, 0.3) is 22.5 Å². The smallest absolute Gasteiger partial charge is 0.262 e. The number of para-hydroxylation sites is 1. The molecule has 0 saturated heterocycles. The van der Waals surface area contributed by atoms with Crippen LogP contribution >= 0.6 is 0 Å². The number of hydrogen-bond acceptors (Lipinski definition) is 1. The van der Waals surface area contributed by atoms with E-state index in [1.807, 2.05) is 60.8 Å². The molecule has 0 aliphatic carbocycles. The van der Waals surface area contributed by atoms with Gasteiger partial charge in [-0.2, -0.15) is 0 Å². The molecule has 0 saturated carbocycles. The van der Waals surface area contributed by atoms with Gasteiger partial charge < -0.3 is 0 Å². The lowest BCUT2D eigenvalue weighted by Gasteiger charge is -2.10. The third-order valence-electron chi connectivity index (χ3n) is 3.21. The highest BCUT2D eigenvalue weighted by Crippen LogP contribution is 2.18. The molecule has 2 aromatic carbocycles. The highest BCUT2D eigenvalue weighted by Gasteiger charge is 2.07. The minimum absolute atomic E-state index is 0.00704. The molecule has 0 atom stereocenters. The topological polar surface area (TPSA) is 22.0 Å². The fourth-order valence-corrected chi connectivity index (χ4v) is 2.26. The summed E-state index contributed by atoms with van der Waals surface area (Å²) in [6, 6.07) is 17.2. The molecule has 0 fully saturated rings. The molecule has 0 aliphatic rings. The van der Waals surface area contributed by atoms with Crippen LogP contribution in [0.15, 0.2) is 72.2 Å². The summed E-state index contributed by atoms with van der Waals surface area (Å²) in [5.74, 6) is 0. The molecule has 3 aromatic rings. The van der Waals surface area contributed by atoms with Gasteiger partial charge in [0.15, 0.2) is 0 Å². The molecular formula is C17H13NO. The number of fused-ring (bicyclic) bond motifs is 1. The highest BCUT2D eigenvalue weighted by atomic mass is 16.1. The van der Waals surface area contributed by atoms with Crippen molar-refractivity contribution in [2.45, 2.75) is 0 Å². The van der Waals surface area contributed by atoms with Crippen LogP contribution in [-0.2, 0) is 0 Å². The van der Waals surface area contributed by atoms with Crippen LogP contribution in [0.2, 0.25) is 0 Å². The van der Waals surface area contributed by atoms with Gasteiger partial charge in [0.05, 0.1) is 0 Å². The van der Waals surface area contributed by atoms with Crippen LogP contribution < -0.4 is 5.56 Å². The molecule has 0 N–H and O–H groups in total. The van der Waals surface area contributed by atoms with Gasteiger partial charge in [-0.25, -0.2) is 0 Å². The van der Waals surface area contributed by atoms with Gasteiger partial charge in [0.25, 0.3) is 5.56 Å². The first-order valence-electron chi connectivity index (χ1n) is 6.13. The zero-order valence-corrected chi connectivity index (χ0v) is 10.4. The predicted octanol–water partition coefficient (Wildman–Crippen LogP) is 3.63. The Bertz CT molecular complexity index is 800. The molecule has 0 unspecified atom stereocenters. The fourth-order valence-electron chi connectivity index (χ4n) is 2.26. The second-order valence-electron chi connectivity index (χ2n) is 4.34. The van der Waals surface area contributed by atoms with Crippen LogP contribution in [-0.4, -0.2) is 4.57 Å². The molecule has 1 heterocycles. The molecule has 0 amide bonds. The lowest BCUT2D eigenvalue weighted by molar-refractivity contribution is 1.01. The molecule has 2 nitrogen and oxygen atoms in total. The SMILES string of the molecule is C=Cc1cn(-c2ccccc2)c(=O)c2ccccc12. The summed E-state index contributed by atoms with van der Waals surface area (Å²) in [6.45, 7) is 3.83. The largest absolute Gasteiger partial charge is 0.283 e. The first kappa shape index (κ1) is 11.5. The second kappa shape index (κ2) is 4.58. The maximum absolute atomic E-state index is 12.5. The normalized spacial score (nSPS) is 10.5. The third kappa shape index (κ3) is 1.87. The minimum atomic E-state index is -0.00704. The first-order chi connectivity index (χ1) is 9.31. The maximum atomic E-state index is 12.5. The van der Waals surface area contributed by atoms with Crippen LogP contribution in [0.4, 0.5) is 0 Å². The Labute approximate surface area is 111 Å². The average Bonchev–Trinajstić information content (AvgIpc) is 2.49. The van der Waals surface area contributed by atoms with E-state index in [-0.39, 0.29) is 5.56 Å². The average molecular weight is 247 g/mol. The third-order valence-corrected chi connectivity index (χ3v) is 3.21. The number of pyridine rings is 1. The Balaban J connectivity index is 2.42. The van der Waals surface area contributed by atoms with Crippen molar-refractivity contribution in [2.75, 3.05) is 0 Å². The monoisotopic (exact) mass is 247 g/mol. The predicted molar refractivity (Wildman–Crippen MR) is 79.6 cm³/mol. The van der Waals surface area contributed by atoms with E-state index in [2.05, 4.69) is 6.58 Å². The molecule has 0 radical (unpaired) electrons. The van der Waals surface area contributed by atoms with E-state index in [9.17, 15) is 4.79 Å². The Kier molecular flexibility index (Phi) is 2.76. The molecule has 0 spiro atoms. The lowest BCUT2D eigenvalue weighted by Crippen LogP contribution is -2.18. The van der Waals surface area contributed by atoms with Crippen LogP contribution in [0.3, 0.4) is 0 Å². The molecule has 92 valence electrons. The summed E-state index contributed by atoms with van der Waals surface area (Å²) in [5.41, 5.74) is 1.81. The van der Waals surface area contributed by atoms with Crippen molar-refractivity contribution in [3.8, 4) is 5.69 Å². The molecule has 0 aliphatic heterocycles. The summed E-state index contributed by atoms with van der Waals surface area (Å²) in [6.07, 6.45) is 3.62. The first-order valence-corrected chi connectivity index (χ1v) is 6.13. The minimum Gasteiger partial charge on any atom is -0.283 e. The van der Waals surface area contributed by atoms with Crippen LogP contribution in [0.5, 0.6) is 0 Å². The van der Waals surface area contributed by atoms with E-state index in [1.54, 1.807) is 10.6 Å². The summed E-state index contributed by atoms with van der Waals surface area (Å²) in [4.78, 5) is 12.5. The summed E-state index contributed by atoms with van der Waals surface area (Å²) in [5, 5.41) is 1.65. The number of nitrogens with zero attached hydrogens (tertiary/aromatic N) is 1. The number of hydrogen-bond donors (Lipinski definition) is 0. The van der Waals surface area contributed by atoms with E-state index < -0.39 is 0 Å². The van der Waals surface area contributed by atoms with E-state index in [4.69, 9.17) is 0 Å². The van der Waals surface area contributed by atoms with E-state index in [1.165, 1.54) is 0 Å². The Morgan fingerprint density at radius 1 is 0.895 bits per heavy atom. The maximum Gasteiger partial charge on any atom is 0.262 e. The fraction of sp³-hybridized carbons (Fsp3) is 0. The van der Waals surface area contributed by atoms with Crippen molar-refractivity contribution >= 4 is 16.8 Å². The van der Waals surface area contributed by atoms with E-state index in [0.29, 0.717) is 5.39 Å². The van der Waals surface area contributed by atoms with Gasteiger partial charge in [-0.1, -0.05) is 49.1 Å². The van der Waals surface area contributed by atoms with Gasteiger partial charge in [-0.15, -0.1) is 0 Å². The van der Waals surface area contributed by atoms with E-state index in [0.717, 1.165) is 16.6 Å². The number of aromatic nitrogens is 1. The highest BCUT2D eigenvalue weighted by molar-refractivity contribution is 5.89. The standard InChI is InChI=1S/C17H13NO/c1-2-13-12-18(14-8-4-3-5-9-14)17(19)16-11-7-6-10-15(13)16/h2-12H,1H2. The molecule has 19 heavy (non-hydrogen) atoms. The summed E-state index contributed by atoms with van der Waals surface area (Å²) in [7, 11) is 0. The lowest BCUT2D eigenvalue weighted by atomic mass is 10.1. The van der Waals surface area contributed by atoms with Crippen molar-refractivity contribution < 1.29 is 0 Å².